The van der Waals surface area contributed by atoms with Gasteiger partial charge in [0.2, 0.25) is 0 Å². The average Bonchev–Trinajstić information content (AvgIpc) is 3.31. The monoisotopic (exact) mass is 372 g/mol. The first kappa shape index (κ1) is 17.3. The Labute approximate surface area is 153 Å². The van der Waals surface area contributed by atoms with E-state index in [1.807, 2.05) is 6.92 Å². The normalized spacial score (nSPS) is 20.0. The molecule has 3 heterocycles. The molecule has 2 aromatic heterocycles. The highest BCUT2D eigenvalue weighted by Gasteiger charge is 2.39. The maximum Gasteiger partial charge on any atom is 0.276 e. The van der Waals surface area contributed by atoms with Crippen LogP contribution in [0.25, 0.3) is 11.3 Å². The number of morpholine rings is 1. The summed E-state index contributed by atoms with van der Waals surface area (Å²) in [5, 5.41) is 7.68. The van der Waals surface area contributed by atoms with Gasteiger partial charge in [-0.2, -0.15) is 4.98 Å². The van der Waals surface area contributed by atoms with E-state index in [0.29, 0.717) is 36.2 Å². The molecule has 0 saturated carbocycles. The second-order valence-electron chi connectivity index (χ2n) is 6.28. The van der Waals surface area contributed by atoms with Gasteiger partial charge in [-0.25, -0.2) is 4.39 Å². The maximum atomic E-state index is 13.1. The van der Waals surface area contributed by atoms with Gasteiger partial charge in [0.05, 0.1) is 12.7 Å². The molecular formula is C18H17FN4O4. The van der Waals surface area contributed by atoms with Crippen molar-refractivity contribution < 1.29 is 23.0 Å². The van der Waals surface area contributed by atoms with Crippen molar-refractivity contribution in [1.29, 1.82) is 0 Å². The number of amides is 1. The number of hydrogen-bond donors (Lipinski definition) is 0. The Morgan fingerprint density at radius 2 is 2.00 bits per heavy atom. The molecule has 140 valence electrons. The number of halogens is 1. The molecule has 2 atom stereocenters. The first-order valence-corrected chi connectivity index (χ1v) is 8.48. The number of carbonyl (C=O) groups excluding carboxylic acids is 1. The fourth-order valence-corrected chi connectivity index (χ4v) is 3.09. The molecular weight excluding hydrogens is 355 g/mol. The number of nitrogens with zero attached hydrogens (tertiary/aromatic N) is 4. The van der Waals surface area contributed by atoms with Crippen LogP contribution in [0.4, 0.5) is 4.39 Å². The van der Waals surface area contributed by atoms with Gasteiger partial charge < -0.3 is 18.7 Å². The molecule has 3 aromatic rings. The average molecular weight is 372 g/mol. The summed E-state index contributed by atoms with van der Waals surface area (Å²) in [5.41, 5.74) is 0.770. The Kier molecular flexibility index (Phi) is 4.44. The minimum Gasteiger partial charge on any atom is -0.374 e. The standard InChI is InChI=1S/C18H17FN4O4/c1-10-16(17-20-11(2)21-27-17)23(7-8-25-10)18(24)14-9-15(26-22-14)12-3-5-13(19)6-4-12/h3-6,9-10,16H,7-8H2,1-2H3/t10-,16+/m1/s1. The molecule has 9 heteroatoms. The third-order valence-corrected chi connectivity index (χ3v) is 4.41. The Morgan fingerprint density at radius 1 is 1.22 bits per heavy atom. The van der Waals surface area contributed by atoms with Crippen LogP contribution >= 0.6 is 0 Å². The quantitative estimate of drug-likeness (QED) is 0.698. The van der Waals surface area contributed by atoms with Crippen LogP contribution in [0.3, 0.4) is 0 Å². The zero-order chi connectivity index (χ0) is 19.0. The summed E-state index contributed by atoms with van der Waals surface area (Å²) in [6.45, 7) is 4.30. The van der Waals surface area contributed by atoms with Gasteiger partial charge in [0.25, 0.3) is 11.8 Å². The van der Waals surface area contributed by atoms with Crippen molar-refractivity contribution in [3.63, 3.8) is 0 Å². The van der Waals surface area contributed by atoms with Gasteiger partial charge in [-0.1, -0.05) is 10.3 Å². The number of rotatable bonds is 3. The van der Waals surface area contributed by atoms with Crippen molar-refractivity contribution in [3.05, 3.63) is 53.6 Å². The summed E-state index contributed by atoms with van der Waals surface area (Å²) >= 11 is 0. The summed E-state index contributed by atoms with van der Waals surface area (Å²) < 4.78 is 29.3. The molecule has 8 nitrogen and oxygen atoms in total. The van der Waals surface area contributed by atoms with Crippen molar-refractivity contribution in [3.8, 4) is 11.3 Å². The van der Waals surface area contributed by atoms with E-state index in [4.69, 9.17) is 13.8 Å². The molecule has 0 unspecified atom stereocenters. The minimum atomic E-state index is -0.515. The number of ether oxygens (including phenoxy) is 1. The van der Waals surface area contributed by atoms with Crippen LogP contribution in [-0.4, -0.2) is 45.4 Å². The number of carbonyl (C=O) groups is 1. The molecule has 4 rings (SSSR count). The predicted octanol–water partition coefficient (Wildman–Crippen LogP) is 2.77. The Hall–Kier alpha value is -3.07. The molecule has 1 saturated heterocycles. The zero-order valence-electron chi connectivity index (χ0n) is 14.8. The van der Waals surface area contributed by atoms with E-state index in [2.05, 4.69) is 15.3 Å². The van der Waals surface area contributed by atoms with E-state index >= 15 is 0 Å². The van der Waals surface area contributed by atoms with E-state index in [1.165, 1.54) is 18.2 Å². The van der Waals surface area contributed by atoms with Gasteiger partial charge in [-0.15, -0.1) is 0 Å². The molecule has 0 spiro atoms. The van der Waals surface area contributed by atoms with Crippen molar-refractivity contribution in [2.75, 3.05) is 13.2 Å². The fraction of sp³-hybridized carbons (Fsp3) is 0.333. The largest absolute Gasteiger partial charge is 0.374 e. The van der Waals surface area contributed by atoms with Gasteiger partial charge in [0.15, 0.2) is 17.3 Å². The van der Waals surface area contributed by atoms with Crippen LogP contribution in [0.5, 0.6) is 0 Å². The second kappa shape index (κ2) is 6.92. The molecule has 1 amide bonds. The summed E-state index contributed by atoms with van der Waals surface area (Å²) in [6.07, 6.45) is -0.314. The molecule has 0 bridgehead atoms. The predicted molar refractivity (Wildman–Crippen MR) is 90.1 cm³/mol. The maximum absolute atomic E-state index is 13.1. The lowest BCUT2D eigenvalue weighted by atomic mass is 10.1. The zero-order valence-corrected chi connectivity index (χ0v) is 14.8. The summed E-state index contributed by atoms with van der Waals surface area (Å²) in [6, 6.07) is 6.77. The Balaban J connectivity index is 1.61. The smallest absolute Gasteiger partial charge is 0.276 e. The first-order valence-electron chi connectivity index (χ1n) is 8.48. The number of aromatic nitrogens is 3. The molecule has 0 aliphatic carbocycles. The van der Waals surface area contributed by atoms with Gasteiger partial charge in [-0.3, -0.25) is 4.79 Å². The molecule has 0 N–H and O–H groups in total. The lowest BCUT2D eigenvalue weighted by Gasteiger charge is -2.37. The van der Waals surface area contributed by atoms with Crippen molar-refractivity contribution in [1.82, 2.24) is 20.2 Å². The minimum absolute atomic E-state index is 0.143. The Morgan fingerprint density at radius 3 is 2.70 bits per heavy atom. The summed E-state index contributed by atoms with van der Waals surface area (Å²) in [5.74, 6) is 0.494. The number of benzene rings is 1. The lowest BCUT2D eigenvalue weighted by Crippen LogP contribution is -2.47. The summed E-state index contributed by atoms with van der Waals surface area (Å²) in [7, 11) is 0. The van der Waals surface area contributed by atoms with Crippen LogP contribution < -0.4 is 0 Å². The molecule has 0 radical (unpaired) electrons. The number of hydrogen-bond acceptors (Lipinski definition) is 7. The first-order chi connectivity index (χ1) is 13.0. The van der Waals surface area contributed by atoms with Crippen molar-refractivity contribution in [2.45, 2.75) is 26.0 Å². The Bertz CT molecular complexity index is 952. The van der Waals surface area contributed by atoms with E-state index in [9.17, 15) is 9.18 Å². The van der Waals surface area contributed by atoms with E-state index < -0.39 is 6.04 Å². The topological polar surface area (TPSA) is 94.5 Å². The lowest BCUT2D eigenvalue weighted by molar-refractivity contribution is -0.0603. The van der Waals surface area contributed by atoms with Crippen LogP contribution in [0.1, 0.15) is 35.2 Å². The molecule has 1 aliphatic heterocycles. The van der Waals surface area contributed by atoms with Gasteiger partial charge in [0.1, 0.15) is 11.9 Å². The molecule has 1 aliphatic rings. The van der Waals surface area contributed by atoms with Crippen molar-refractivity contribution in [2.24, 2.45) is 0 Å². The van der Waals surface area contributed by atoms with E-state index in [-0.39, 0.29) is 23.5 Å². The fourth-order valence-electron chi connectivity index (χ4n) is 3.09. The third kappa shape index (κ3) is 3.33. The van der Waals surface area contributed by atoms with E-state index in [1.54, 1.807) is 24.0 Å². The highest BCUT2D eigenvalue weighted by Crippen LogP contribution is 2.30. The molecule has 27 heavy (non-hydrogen) atoms. The van der Waals surface area contributed by atoms with Crippen LogP contribution in [0.2, 0.25) is 0 Å². The molecule has 1 aromatic carbocycles. The van der Waals surface area contributed by atoms with E-state index in [0.717, 1.165) is 0 Å². The van der Waals surface area contributed by atoms with Gasteiger partial charge in [0, 0.05) is 18.2 Å². The van der Waals surface area contributed by atoms with Crippen LogP contribution in [0, 0.1) is 12.7 Å². The number of aryl methyl sites for hydroxylation is 1. The summed E-state index contributed by atoms with van der Waals surface area (Å²) in [4.78, 5) is 18.9. The highest BCUT2D eigenvalue weighted by molar-refractivity contribution is 5.93. The van der Waals surface area contributed by atoms with Gasteiger partial charge >= 0.3 is 0 Å². The van der Waals surface area contributed by atoms with Crippen LogP contribution in [0.15, 0.2) is 39.4 Å². The SMILES string of the molecule is Cc1noc([C@@H]2[C@@H](C)OCCN2C(=O)c2cc(-c3ccc(F)cc3)on2)n1. The molecule has 1 fully saturated rings. The van der Waals surface area contributed by atoms with Crippen LogP contribution in [-0.2, 0) is 4.74 Å². The second-order valence-corrected chi connectivity index (χ2v) is 6.28. The van der Waals surface area contributed by atoms with Crippen molar-refractivity contribution >= 4 is 5.91 Å². The van der Waals surface area contributed by atoms with Gasteiger partial charge in [-0.05, 0) is 38.1 Å². The third-order valence-electron chi connectivity index (χ3n) is 4.41. The highest BCUT2D eigenvalue weighted by atomic mass is 19.1.